The van der Waals surface area contributed by atoms with Gasteiger partial charge in [0, 0.05) is 26.7 Å². The fraction of sp³-hybridized carbons (Fsp3) is 0.625. The van der Waals surface area contributed by atoms with Crippen molar-refractivity contribution in [2.45, 2.75) is 17.9 Å². The van der Waals surface area contributed by atoms with Crippen molar-refractivity contribution in [2.24, 2.45) is 5.73 Å². The van der Waals surface area contributed by atoms with Crippen molar-refractivity contribution < 1.29 is 8.78 Å². The lowest BCUT2D eigenvalue weighted by atomic mass is 10.2. The molecule has 0 aliphatic heterocycles. The molecule has 0 radical (unpaired) electrons. The molecule has 2 rings (SSSR count). The highest BCUT2D eigenvalue weighted by Crippen LogP contribution is 2.58. The van der Waals surface area contributed by atoms with E-state index >= 15 is 0 Å². The molecule has 1 aliphatic carbocycles. The number of aromatic nitrogens is 1. The van der Waals surface area contributed by atoms with Crippen molar-refractivity contribution in [3.63, 3.8) is 0 Å². The Morgan fingerprint density at radius 1 is 1.57 bits per heavy atom. The van der Waals surface area contributed by atoms with Crippen LogP contribution in [0.3, 0.4) is 0 Å². The Labute approximate surface area is 84.5 Å². The second-order valence-electron chi connectivity index (χ2n) is 3.75. The second-order valence-corrected chi connectivity index (χ2v) is 4.76. The Kier molecular flexibility index (Phi) is 1.84. The summed E-state index contributed by atoms with van der Waals surface area (Å²) in [4.78, 5) is 6.26. The lowest BCUT2D eigenvalue weighted by molar-refractivity contribution is 0.0899. The van der Waals surface area contributed by atoms with E-state index < -0.39 is 11.5 Å². The molecule has 1 aromatic rings. The van der Waals surface area contributed by atoms with Crippen LogP contribution < -0.4 is 10.6 Å². The molecular formula is C8H11F2N3S. The molecule has 78 valence electrons. The quantitative estimate of drug-likeness (QED) is 0.817. The maximum atomic E-state index is 12.9. The Morgan fingerprint density at radius 3 is 2.50 bits per heavy atom. The molecule has 14 heavy (non-hydrogen) atoms. The standard InChI is InChI=1S/C8H11F2N3S/c1-13(2)6-12-3-5(14-6)7(11)4-8(7,9)10/h3H,4,11H2,1-2H3. The van der Waals surface area contributed by atoms with Gasteiger partial charge in [0.05, 0.1) is 4.88 Å². The number of nitrogens with zero attached hydrogens (tertiary/aromatic N) is 2. The van der Waals surface area contributed by atoms with Gasteiger partial charge in [-0.05, 0) is 0 Å². The molecule has 1 heterocycles. The van der Waals surface area contributed by atoms with Gasteiger partial charge in [-0.3, -0.25) is 0 Å². The zero-order valence-corrected chi connectivity index (χ0v) is 8.74. The van der Waals surface area contributed by atoms with Crippen LogP contribution in [0.5, 0.6) is 0 Å². The van der Waals surface area contributed by atoms with Gasteiger partial charge in [0.1, 0.15) is 5.54 Å². The molecule has 2 N–H and O–H groups in total. The Hall–Kier alpha value is -0.750. The van der Waals surface area contributed by atoms with Crippen LogP contribution in [0, 0.1) is 0 Å². The fourth-order valence-corrected chi connectivity index (χ4v) is 2.24. The Balaban J connectivity index is 2.27. The number of nitrogens with two attached hydrogens (primary N) is 1. The average Bonchev–Trinajstić information content (AvgIpc) is 2.53. The highest BCUT2D eigenvalue weighted by molar-refractivity contribution is 7.15. The molecule has 0 spiro atoms. The molecule has 1 aromatic heterocycles. The largest absolute Gasteiger partial charge is 0.354 e. The highest BCUT2D eigenvalue weighted by Gasteiger charge is 2.70. The van der Waals surface area contributed by atoms with Crippen LogP contribution in [0.2, 0.25) is 0 Å². The number of rotatable bonds is 2. The summed E-state index contributed by atoms with van der Waals surface area (Å²) in [5.74, 6) is -2.76. The lowest BCUT2D eigenvalue weighted by Gasteiger charge is -2.07. The minimum atomic E-state index is -2.76. The van der Waals surface area contributed by atoms with Crippen LogP contribution in [-0.4, -0.2) is 25.0 Å². The number of hydrogen-bond acceptors (Lipinski definition) is 4. The number of anilines is 1. The van der Waals surface area contributed by atoms with Gasteiger partial charge >= 0.3 is 0 Å². The third-order valence-corrected chi connectivity index (χ3v) is 3.69. The molecule has 0 saturated heterocycles. The van der Waals surface area contributed by atoms with Crippen molar-refractivity contribution in [3.05, 3.63) is 11.1 Å². The summed E-state index contributed by atoms with van der Waals surface area (Å²) in [5.41, 5.74) is 4.10. The second kappa shape index (κ2) is 2.64. The number of hydrogen-bond donors (Lipinski definition) is 1. The maximum absolute atomic E-state index is 12.9. The van der Waals surface area contributed by atoms with Gasteiger partial charge in [-0.15, -0.1) is 0 Å². The van der Waals surface area contributed by atoms with E-state index in [1.54, 1.807) is 4.90 Å². The Morgan fingerprint density at radius 2 is 2.14 bits per heavy atom. The first-order chi connectivity index (χ1) is 6.37. The molecule has 1 saturated carbocycles. The first kappa shape index (κ1) is 9.79. The van der Waals surface area contributed by atoms with E-state index in [0.717, 1.165) is 0 Å². The first-order valence-electron chi connectivity index (χ1n) is 4.17. The van der Waals surface area contributed by atoms with Crippen molar-refractivity contribution in [3.8, 4) is 0 Å². The van der Waals surface area contributed by atoms with Crippen LogP contribution in [0.25, 0.3) is 0 Å². The van der Waals surface area contributed by atoms with E-state index in [9.17, 15) is 8.78 Å². The fourth-order valence-electron chi connectivity index (χ4n) is 1.25. The van der Waals surface area contributed by atoms with E-state index in [1.807, 2.05) is 14.1 Å². The molecule has 6 heteroatoms. The van der Waals surface area contributed by atoms with Crippen LogP contribution in [0.1, 0.15) is 11.3 Å². The Bertz CT molecular complexity index is 363. The third-order valence-electron chi connectivity index (χ3n) is 2.34. The van der Waals surface area contributed by atoms with Crippen molar-refractivity contribution in [1.29, 1.82) is 0 Å². The number of alkyl halides is 2. The zero-order valence-electron chi connectivity index (χ0n) is 7.92. The van der Waals surface area contributed by atoms with Gasteiger partial charge < -0.3 is 10.6 Å². The molecular weight excluding hydrogens is 208 g/mol. The van der Waals surface area contributed by atoms with E-state index in [4.69, 9.17) is 5.73 Å². The summed E-state index contributed by atoms with van der Waals surface area (Å²) in [6.45, 7) is 0. The molecule has 1 atom stereocenters. The van der Waals surface area contributed by atoms with Crippen molar-refractivity contribution in [1.82, 2.24) is 4.98 Å². The van der Waals surface area contributed by atoms with Crippen LogP contribution in [0.15, 0.2) is 6.20 Å². The summed E-state index contributed by atoms with van der Waals surface area (Å²) < 4.78 is 25.8. The van der Waals surface area contributed by atoms with Crippen LogP contribution >= 0.6 is 11.3 Å². The first-order valence-corrected chi connectivity index (χ1v) is 4.99. The van der Waals surface area contributed by atoms with E-state index in [0.29, 0.717) is 10.0 Å². The topological polar surface area (TPSA) is 42.2 Å². The van der Waals surface area contributed by atoms with Crippen molar-refractivity contribution >= 4 is 16.5 Å². The SMILES string of the molecule is CN(C)c1ncc(C2(N)CC2(F)F)s1. The van der Waals surface area contributed by atoms with E-state index in [1.165, 1.54) is 17.5 Å². The highest BCUT2D eigenvalue weighted by atomic mass is 32.1. The summed E-state index contributed by atoms with van der Waals surface area (Å²) in [6, 6.07) is 0. The summed E-state index contributed by atoms with van der Waals surface area (Å²) in [7, 11) is 3.63. The van der Waals surface area contributed by atoms with Gasteiger partial charge in [0.2, 0.25) is 0 Å². The van der Waals surface area contributed by atoms with Gasteiger partial charge in [0.25, 0.3) is 5.92 Å². The van der Waals surface area contributed by atoms with Gasteiger partial charge in [-0.2, -0.15) is 0 Å². The van der Waals surface area contributed by atoms with Gasteiger partial charge in [0.15, 0.2) is 5.13 Å². The molecule has 0 aromatic carbocycles. The predicted molar refractivity (Wildman–Crippen MR) is 51.9 cm³/mol. The normalized spacial score (nSPS) is 28.9. The molecule has 3 nitrogen and oxygen atoms in total. The number of halogens is 2. The average molecular weight is 219 g/mol. The minimum absolute atomic E-state index is 0.269. The zero-order chi connectivity index (χ0) is 10.6. The van der Waals surface area contributed by atoms with Crippen LogP contribution in [-0.2, 0) is 5.54 Å². The smallest absolute Gasteiger partial charge is 0.273 e. The third kappa shape index (κ3) is 1.21. The molecule has 1 fully saturated rings. The van der Waals surface area contributed by atoms with Crippen molar-refractivity contribution in [2.75, 3.05) is 19.0 Å². The summed E-state index contributed by atoms with van der Waals surface area (Å²) in [5, 5.41) is 0.701. The summed E-state index contributed by atoms with van der Waals surface area (Å²) >= 11 is 1.22. The number of thiazole rings is 1. The molecule has 0 amide bonds. The monoisotopic (exact) mass is 219 g/mol. The molecule has 0 bridgehead atoms. The van der Waals surface area contributed by atoms with Gasteiger partial charge in [-0.1, -0.05) is 11.3 Å². The van der Waals surface area contributed by atoms with E-state index in [2.05, 4.69) is 4.98 Å². The maximum Gasteiger partial charge on any atom is 0.273 e. The lowest BCUT2D eigenvalue weighted by Crippen LogP contribution is -2.25. The van der Waals surface area contributed by atoms with Gasteiger partial charge in [-0.25, -0.2) is 13.8 Å². The summed E-state index contributed by atoms with van der Waals surface area (Å²) in [6.07, 6.45) is 1.18. The minimum Gasteiger partial charge on any atom is -0.354 e. The molecule has 1 unspecified atom stereocenters. The molecule has 1 aliphatic rings. The van der Waals surface area contributed by atoms with E-state index in [-0.39, 0.29) is 6.42 Å². The predicted octanol–water partition coefficient (Wildman–Crippen LogP) is 1.40. The van der Waals surface area contributed by atoms with Crippen LogP contribution in [0.4, 0.5) is 13.9 Å².